The summed E-state index contributed by atoms with van der Waals surface area (Å²) in [7, 11) is 3.10. The third-order valence-electron chi connectivity index (χ3n) is 3.96. The van der Waals surface area contributed by atoms with Crippen LogP contribution in [0.15, 0.2) is 20.0 Å². The maximum absolute atomic E-state index is 12.7. The molecule has 3 aromatic rings. The lowest BCUT2D eigenvalue weighted by molar-refractivity contribution is 0.539. The number of aryl methyl sites for hydroxylation is 2. The second-order valence-corrected chi connectivity index (χ2v) is 9.18. The van der Waals surface area contributed by atoms with E-state index < -0.39 is 5.69 Å². The Morgan fingerprint density at radius 3 is 2.38 bits per heavy atom. The fourth-order valence-corrected chi connectivity index (χ4v) is 4.11. The van der Waals surface area contributed by atoms with Crippen LogP contribution in [0.1, 0.15) is 37.3 Å². The zero-order valence-corrected chi connectivity index (χ0v) is 17.3. The lowest BCUT2D eigenvalue weighted by Crippen LogP contribution is -2.38. The Labute approximate surface area is 159 Å². The first-order chi connectivity index (χ1) is 12.1. The minimum absolute atomic E-state index is 0.308. The van der Waals surface area contributed by atoms with Crippen LogP contribution in [0.25, 0.3) is 11.0 Å². The van der Waals surface area contributed by atoms with Gasteiger partial charge in [-0.1, -0.05) is 32.5 Å². The van der Waals surface area contributed by atoms with E-state index in [1.165, 1.54) is 23.4 Å². The summed E-state index contributed by atoms with van der Waals surface area (Å²) in [5, 5.41) is 3.97. The van der Waals surface area contributed by atoms with Crippen LogP contribution in [-0.4, -0.2) is 24.1 Å². The van der Waals surface area contributed by atoms with Gasteiger partial charge in [0.1, 0.15) is 16.2 Å². The fraction of sp³-hybridized carbons (Fsp3) is 0.471. The van der Waals surface area contributed by atoms with E-state index in [-0.39, 0.29) is 11.0 Å². The van der Waals surface area contributed by atoms with Gasteiger partial charge in [-0.25, -0.2) is 19.7 Å². The summed E-state index contributed by atoms with van der Waals surface area (Å²) < 4.78 is 2.50. The van der Waals surface area contributed by atoms with Crippen LogP contribution in [0.4, 0.5) is 0 Å². The van der Waals surface area contributed by atoms with Crippen molar-refractivity contribution in [3.05, 3.63) is 42.7 Å². The molecule has 26 heavy (non-hydrogen) atoms. The van der Waals surface area contributed by atoms with Gasteiger partial charge >= 0.3 is 5.69 Å². The van der Waals surface area contributed by atoms with E-state index >= 15 is 0 Å². The Morgan fingerprint density at radius 1 is 1.12 bits per heavy atom. The maximum Gasteiger partial charge on any atom is 0.332 e. The van der Waals surface area contributed by atoms with Crippen molar-refractivity contribution in [1.29, 1.82) is 0 Å². The van der Waals surface area contributed by atoms with E-state index in [0.717, 1.165) is 15.3 Å². The summed E-state index contributed by atoms with van der Waals surface area (Å²) in [5.74, 6) is 1.21. The van der Waals surface area contributed by atoms with Crippen LogP contribution in [0.5, 0.6) is 0 Å². The molecule has 138 valence electrons. The molecule has 0 spiro atoms. The molecule has 0 bridgehead atoms. The first-order valence-corrected chi connectivity index (χ1v) is 9.98. The van der Waals surface area contributed by atoms with Gasteiger partial charge in [-0.05, 0) is 6.92 Å². The molecule has 3 heterocycles. The van der Waals surface area contributed by atoms with Crippen LogP contribution >= 0.6 is 23.1 Å². The molecule has 0 saturated carbocycles. The van der Waals surface area contributed by atoms with Gasteiger partial charge in [-0.15, -0.1) is 11.3 Å². The quantitative estimate of drug-likeness (QED) is 0.504. The van der Waals surface area contributed by atoms with Crippen LogP contribution in [0.3, 0.4) is 0 Å². The van der Waals surface area contributed by atoms with Gasteiger partial charge in [0.2, 0.25) is 0 Å². The normalized spacial score (nSPS) is 12.1. The molecule has 3 rings (SSSR count). The average Bonchev–Trinajstić information content (AvgIpc) is 3.00. The van der Waals surface area contributed by atoms with E-state index in [1.807, 2.05) is 33.1 Å². The minimum atomic E-state index is -0.396. The smallest absolute Gasteiger partial charge is 0.280 e. The number of thioether (sulfide) groups is 1. The number of fused-ring (bicyclic) bond motifs is 1. The zero-order valence-electron chi connectivity index (χ0n) is 15.7. The second-order valence-electron chi connectivity index (χ2n) is 7.15. The predicted octanol–water partition coefficient (Wildman–Crippen LogP) is 2.38. The van der Waals surface area contributed by atoms with Crippen LogP contribution < -0.4 is 11.2 Å². The summed E-state index contributed by atoms with van der Waals surface area (Å²) in [4.78, 5) is 38.7. The molecule has 0 aliphatic rings. The summed E-state index contributed by atoms with van der Waals surface area (Å²) in [6, 6.07) is 0. The molecule has 0 unspecified atom stereocenters. The Hall–Kier alpha value is -2.00. The molecule has 3 aromatic heterocycles. The van der Waals surface area contributed by atoms with Crippen molar-refractivity contribution in [3.8, 4) is 0 Å². The van der Waals surface area contributed by atoms with Gasteiger partial charge in [0.05, 0.1) is 10.7 Å². The van der Waals surface area contributed by atoms with E-state index in [2.05, 4.69) is 15.0 Å². The largest absolute Gasteiger partial charge is 0.332 e. The predicted molar refractivity (Wildman–Crippen MR) is 105 cm³/mol. The molecule has 0 saturated heterocycles. The molecule has 9 heteroatoms. The number of hydrogen-bond acceptors (Lipinski definition) is 7. The Balaban J connectivity index is 2.24. The third-order valence-corrected chi connectivity index (χ3v) is 5.79. The van der Waals surface area contributed by atoms with Gasteiger partial charge in [0.15, 0.2) is 5.65 Å². The van der Waals surface area contributed by atoms with E-state index in [4.69, 9.17) is 0 Å². The summed E-state index contributed by atoms with van der Waals surface area (Å²) in [6.45, 7) is 7.98. The Morgan fingerprint density at radius 2 is 1.81 bits per heavy atom. The van der Waals surface area contributed by atoms with Crippen molar-refractivity contribution in [2.45, 2.75) is 43.9 Å². The first kappa shape index (κ1) is 18.8. The number of aromatic nitrogens is 5. The van der Waals surface area contributed by atoms with Crippen LogP contribution in [0.2, 0.25) is 0 Å². The Bertz CT molecular complexity index is 1110. The highest BCUT2D eigenvalue weighted by atomic mass is 32.2. The SMILES string of the molecule is Cc1nc(CSc2nc(C(C)(C)C)nc3c2c(=O)n(C)c(=O)n3C)cs1. The van der Waals surface area contributed by atoms with Crippen molar-refractivity contribution in [2.24, 2.45) is 14.1 Å². The number of thiazole rings is 1. The van der Waals surface area contributed by atoms with Crippen molar-refractivity contribution in [2.75, 3.05) is 0 Å². The highest BCUT2D eigenvalue weighted by Gasteiger charge is 2.23. The van der Waals surface area contributed by atoms with Gasteiger partial charge in [0.25, 0.3) is 5.56 Å². The highest BCUT2D eigenvalue weighted by molar-refractivity contribution is 7.98. The lowest BCUT2D eigenvalue weighted by atomic mass is 9.96. The molecule has 0 amide bonds. The molecule has 0 fully saturated rings. The number of nitrogens with zero attached hydrogens (tertiary/aromatic N) is 5. The molecule has 0 atom stereocenters. The van der Waals surface area contributed by atoms with Gasteiger partial charge in [0, 0.05) is 30.6 Å². The molecular formula is C17H21N5O2S2. The van der Waals surface area contributed by atoms with Crippen LogP contribution in [0, 0.1) is 6.92 Å². The van der Waals surface area contributed by atoms with Crippen molar-refractivity contribution in [3.63, 3.8) is 0 Å². The van der Waals surface area contributed by atoms with E-state index in [1.54, 1.807) is 18.4 Å². The number of rotatable bonds is 3. The summed E-state index contributed by atoms with van der Waals surface area (Å²) >= 11 is 3.04. The third kappa shape index (κ3) is 3.33. The molecule has 7 nitrogen and oxygen atoms in total. The van der Waals surface area contributed by atoms with E-state index in [9.17, 15) is 9.59 Å². The molecule has 0 aliphatic heterocycles. The molecule has 0 N–H and O–H groups in total. The van der Waals surface area contributed by atoms with Gasteiger partial charge in [-0.2, -0.15) is 0 Å². The molecule has 0 radical (unpaired) electrons. The van der Waals surface area contributed by atoms with Crippen molar-refractivity contribution < 1.29 is 0 Å². The number of hydrogen-bond donors (Lipinski definition) is 0. The lowest BCUT2D eigenvalue weighted by Gasteiger charge is -2.19. The van der Waals surface area contributed by atoms with Crippen LogP contribution in [-0.2, 0) is 25.3 Å². The second kappa shape index (κ2) is 6.62. The highest BCUT2D eigenvalue weighted by Crippen LogP contribution is 2.29. The monoisotopic (exact) mass is 391 g/mol. The van der Waals surface area contributed by atoms with Gasteiger partial charge in [-0.3, -0.25) is 13.9 Å². The Kier molecular flexibility index (Phi) is 4.78. The van der Waals surface area contributed by atoms with Gasteiger partial charge < -0.3 is 0 Å². The average molecular weight is 392 g/mol. The summed E-state index contributed by atoms with van der Waals surface area (Å²) in [5.41, 5.74) is 0.239. The topological polar surface area (TPSA) is 82.7 Å². The maximum atomic E-state index is 12.7. The summed E-state index contributed by atoms with van der Waals surface area (Å²) in [6.07, 6.45) is 0. The van der Waals surface area contributed by atoms with Crippen molar-refractivity contribution >= 4 is 34.1 Å². The molecule has 0 aliphatic carbocycles. The standard InChI is InChI=1S/C17H21N5O2S2/c1-9-18-10(7-25-9)8-26-13-11-12(19-15(20-13)17(2,3)4)21(5)16(24)22(6)14(11)23/h7H,8H2,1-6H3. The first-order valence-electron chi connectivity index (χ1n) is 8.11. The molecular weight excluding hydrogens is 370 g/mol. The molecule has 0 aromatic carbocycles. The fourth-order valence-electron chi connectivity index (χ4n) is 2.49. The zero-order chi connectivity index (χ0) is 19.2. The minimum Gasteiger partial charge on any atom is -0.280 e. The van der Waals surface area contributed by atoms with E-state index in [0.29, 0.717) is 27.6 Å². The van der Waals surface area contributed by atoms with Crippen molar-refractivity contribution in [1.82, 2.24) is 24.1 Å².